The summed E-state index contributed by atoms with van der Waals surface area (Å²) in [6.45, 7) is 0.919. The predicted molar refractivity (Wildman–Crippen MR) is 63.9 cm³/mol. The molecule has 1 aliphatic heterocycles. The minimum absolute atomic E-state index is 0.219. The minimum Gasteiger partial charge on any atom is -0.328 e. The first-order valence-corrected chi connectivity index (χ1v) is 5.56. The molecule has 2 N–H and O–H groups in total. The van der Waals surface area contributed by atoms with E-state index in [4.69, 9.17) is 0 Å². The van der Waals surface area contributed by atoms with E-state index < -0.39 is 0 Å². The second-order valence-electron chi connectivity index (χ2n) is 4.03. The van der Waals surface area contributed by atoms with Crippen molar-refractivity contribution in [3.8, 4) is 0 Å². The first kappa shape index (κ1) is 9.43. The number of fused-ring (bicyclic) bond motifs is 1. The van der Waals surface area contributed by atoms with Gasteiger partial charge in [-0.25, -0.2) is 0 Å². The Bertz CT molecular complexity index is 479. The molecule has 1 heterocycles. The van der Waals surface area contributed by atoms with Gasteiger partial charge in [0.2, 0.25) is 6.17 Å². The van der Waals surface area contributed by atoms with Gasteiger partial charge in [-0.1, -0.05) is 48.5 Å². The average Bonchev–Trinajstić information content (AvgIpc) is 2.39. The lowest BCUT2D eigenvalue weighted by molar-refractivity contribution is -0.707. The molecule has 0 saturated heterocycles. The predicted octanol–water partition coefficient (Wildman–Crippen LogP) is 1.66. The average molecular weight is 210 g/mol. The van der Waals surface area contributed by atoms with Crippen molar-refractivity contribution < 1.29 is 5.32 Å². The van der Waals surface area contributed by atoms with E-state index in [2.05, 4.69) is 59.2 Å². The molecule has 2 nitrogen and oxygen atoms in total. The van der Waals surface area contributed by atoms with Crippen LogP contribution in [0.2, 0.25) is 0 Å². The zero-order valence-electron chi connectivity index (χ0n) is 8.98. The van der Waals surface area contributed by atoms with Gasteiger partial charge in [-0.3, -0.25) is 0 Å². The second kappa shape index (κ2) is 3.99. The fourth-order valence-corrected chi connectivity index (χ4v) is 2.08. The number of benzene rings is 2. The van der Waals surface area contributed by atoms with Gasteiger partial charge in [-0.2, -0.15) is 5.32 Å². The van der Waals surface area contributed by atoms with E-state index in [-0.39, 0.29) is 6.17 Å². The molecule has 2 aromatic rings. The topological polar surface area (TPSA) is 27.6 Å². The fourth-order valence-electron chi connectivity index (χ4n) is 2.08. The Balaban J connectivity index is 1.89. The van der Waals surface area contributed by atoms with Crippen molar-refractivity contribution in [2.45, 2.75) is 12.7 Å². The molecule has 1 unspecified atom stereocenters. The van der Waals surface area contributed by atoms with Crippen LogP contribution in [0.3, 0.4) is 0 Å². The number of hydrogen-bond acceptors (Lipinski definition) is 2. The van der Waals surface area contributed by atoms with Crippen LogP contribution in [0.1, 0.15) is 17.3 Å². The Morgan fingerprint density at radius 2 is 1.69 bits per heavy atom. The highest BCUT2D eigenvalue weighted by molar-refractivity contribution is 5.52. The lowest BCUT2D eigenvalue weighted by Crippen LogP contribution is -2.86. The van der Waals surface area contributed by atoms with Crippen molar-refractivity contribution in [2.75, 3.05) is 5.32 Å². The Labute approximate surface area is 95.3 Å². The van der Waals surface area contributed by atoms with E-state index in [1.165, 1.54) is 16.8 Å². The molecule has 3 rings (SSSR count). The smallest absolute Gasteiger partial charge is 0.230 e. The van der Waals surface area contributed by atoms with Crippen molar-refractivity contribution in [3.63, 3.8) is 0 Å². The largest absolute Gasteiger partial charge is 0.328 e. The molecule has 1 atom stereocenters. The van der Waals surface area contributed by atoms with Gasteiger partial charge in [-0.05, 0) is 6.07 Å². The monoisotopic (exact) mass is 210 g/mol. The number of anilines is 1. The van der Waals surface area contributed by atoms with Gasteiger partial charge in [-0.15, -0.1) is 0 Å². The van der Waals surface area contributed by atoms with E-state index in [1.54, 1.807) is 0 Å². The molecule has 0 saturated carbocycles. The maximum absolute atomic E-state index is 3.50. The summed E-state index contributed by atoms with van der Waals surface area (Å²) >= 11 is 0. The van der Waals surface area contributed by atoms with Crippen LogP contribution in [0.25, 0.3) is 0 Å². The van der Waals surface area contributed by atoms with Gasteiger partial charge < -0.3 is 5.32 Å². The quantitative estimate of drug-likeness (QED) is 0.736. The third-order valence-corrected chi connectivity index (χ3v) is 2.95. The normalized spacial score (nSPS) is 18.6. The summed E-state index contributed by atoms with van der Waals surface area (Å²) in [5, 5.41) is 6.98. The molecule has 1 aliphatic rings. The number of para-hydroxylation sites is 1. The van der Waals surface area contributed by atoms with E-state index in [0.717, 1.165) is 6.54 Å². The molecule has 0 spiro atoms. The number of hydrogen-bond donors (Lipinski definition) is 2. The standard InChI is InChI=1S/C14H14N2/c1-2-6-11(7-3-1)14-15-10-12-8-4-5-9-13(12)16-14/h1-9,14-16H,10H2/q+1. The SMILES string of the molecule is c1ccc(C2Nc3ccccc3C[NH+]2)cc1. The van der Waals surface area contributed by atoms with E-state index >= 15 is 0 Å². The molecule has 0 bridgehead atoms. The van der Waals surface area contributed by atoms with Crippen molar-refractivity contribution in [1.29, 1.82) is 0 Å². The summed E-state index contributed by atoms with van der Waals surface area (Å²) in [7, 11) is 0. The van der Waals surface area contributed by atoms with Gasteiger partial charge in [0.15, 0.2) is 6.54 Å². The third-order valence-electron chi connectivity index (χ3n) is 2.95. The summed E-state index contributed by atoms with van der Waals surface area (Å²) in [6, 6.07) is 18.9. The molecule has 0 amide bonds. The molecule has 16 heavy (non-hydrogen) atoms. The Morgan fingerprint density at radius 1 is 0.938 bits per heavy atom. The highest BCUT2D eigenvalue weighted by Gasteiger charge is 2.24. The Hall–Kier alpha value is -1.80. The fraction of sp³-hybridized carbons (Fsp3) is 0.143. The van der Waals surface area contributed by atoms with E-state index in [1.807, 2.05) is 6.07 Å². The van der Waals surface area contributed by atoms with Crippen molar-refractivity contribution in [3.05, 3.63) is 65.7 Å². The molecule has 0 aromatic heterocycles. The van der Waals surface area contributed by atoms with Crippen LogP contribution in [-0.2, 0) is 6.54 Å². The molecule has 0 aliphatic carbocycles. The minimum atomic E-state index is 0.219. The molecule has 2 aromatic carbocycles. The zero-order chi connectivity index (χ0) is 10.8. The lowest BCUT2D eigenvalue weighted by atomic mass is 10.1. The first-order chi connectivity index (χ1) is 7.93. The summed E-state index contributed by atoms with van der Waals surface area (Å²) in [5.74, 6) is 0. The van der Waals surface area contributed by atoms with Crippen LogP contribution < -0.4 is 10.6 Å². The Morgan fingerprint density at radius 3 is 2.56 bits per heavy atom. The first-order valence-electron chi connectivity index (χ1n) is 5.56. The van der Waals surface area contributed by atoms with Crippen LogP contribution in [0.15, 0.2) is 54.6 Å². The number of nitrogens with one attached hydrogen (secondary N) is 2. The van der Waals surface area contributed by atoms with Gasteiger partial charge in [0.25, 0.3) is 0 Å². The molecule has 0 fully saturated rings. The molecule has 79 valence electrons. The van der Waals surface area contributed by atoms with Crippen LogP contribution in [0.5, 0.6) is 0 Å². The van der Waals surface area contributed by atoms with Crippen LogP contribution >= 0.6 is 0 Å². The van der Waals surface area contributed by atoms with Crippen molar-refractivity contribution in [1.82, 2.24) is 0 Å². The van der Waals surface area contributed by atoms with Crippen LogP contribution in [-0.4, -0.2) is 0 Å². The summed E-state index contributed by atoms with van der Waals surface area (Å²) < 4.78 is 0. The van der Waals surface area contributed by atoms with E-state index in [0.29, 0.717) is 0 Å². The second-order valence-corrected chi connectivity index (χ2v) is 4.03. The van der Waals surface area contributed by atoms with Crippen molar-refractivity contribution >= 4 is 5.69 Å². The van der Waals surface area contributed by atoms with Gasteiger partial charge in [0.05, 0.1) is 0 Å². The molecular weight excluding hydrogens is 196 g/mol. The van der Waals surface area contributed by atoms with Crippen LogP contribution in [0.4, 0.5) is 5.69 Å². The summed E-state index contributed by atoms with van der Waals surface area (Å²) in [5.41, 5.74) is 3.83. The zero-order valence-corrected chi connectivity index (χ0v) is 8.98. The summed E-state index contributed by atoms with van der Waals surface area (Å²) in [6.07, 6.45) is 0.219. The Kier molecular flexibility index (Phi) is 2.35. The van der Waals surface area contributed by atoms with E-state index in [9.17, 15) is 0 Å². The molecule has 2 heteroatoms. The van der Waals surface area contributed by atoms with Crippen LogP contribution in [0, 0.1) is 0 Å². The number of rotatable bonds is 1. The molecule has 1 radical (unpaired) electrons. The van der Waals surface area contributed by atoms with Gasteiger partial charge >= 0.3 is 0 Å². The highest BCUT2D eigenvalue weighted by atomic mass is 15.1. The third kappa shape index (κ3) is 1.68. The maximum atomic E-state index is 3.50. The lowest BCUT2D eigenvalue weighted by Gasteiger charge is -2.21. The highest BCUT2D eigenvalue weighted by Crippen LogP contribution is 2.21. The van der Waals surface area contributed by atoms with Gasteiger partial charge in [0, 0.05) is 16.8 Å². The van der Waals surface area contributed by atoms with Gasteiger partial charge in [0.1, 0.15) is 0 Å². The molecular formula is C14H14N2+. The summed E-state index contributed by atoms with van der Waals surface area (Å²) in [4.78, 5) is 0. The maximum Gasteiger partial charge on any atom is 0.230 e. The van der Waals surface area contributed by atoms with Crippen molar-refractivity contribution in [2.24, 2.45) is 0 Å².